The number of carbonyl (C=O) groups excluding carboxylic acids is 1. The van der Waals surface area contributed by atoms with E-state index in [1.54, 1.807) is 0 Å². The van der Waals surface area contributed by atoms with Gasteiger partial charge in [-0.2, -0.15) is 0 Å². The van der Waals surface area contributed by atoms with Crippen LogP contribution in [0.5, 0.6) is 0 Å². The number of carboxylic acid groups (broad SMARTS) is 1. The minimum absolute atomic E-state index is 0. The van der Waals surface area contributed by atoms with Crippen molar-refractivity contribution in [3.8, 4) is 0 Å². The Labute approximate surface area is 156 Å². The van der Waals surface area contributed by atoms with E-state index in [1.807, 2.05) is 42.2 Å². The van der Waals surface area contributed by atoms with Crippen LogP contribution in [0.1, 0.15) is 51.9 Å². The van der Waals surface area contributed by atoms with Crippen LogP contribution in [0.3, 0.4) is 0 Å². The molecule has 140 valence electrons. The predicted molar refractivity (Wildman–Crippen MR) is 102 cm³/mol. The molecule has 1 amide bonds. The summed E-state index contributed by atoms with van der Waals surface area (Å²) in [5.74, 6) is -0.941. The average Bonchev–Trinajstić information content (AvgIpc) is 2.60. The molecule has 0 saturated heterocycles. The first-order valence-electron chi connectivity index (χ1n) is 8.96. The van der Waals surface area contributed by atoms with Crippen LogP contribution in [0.4, 0.5) is 5.69 Å². The molecule has 2 N–H and O–H groups in total. The second kappa shape index (κ2) is 11.1. The molecular formula is C19H29ClN2O3. The van der Waals surface area contributed by atoms with E-state index >= 15 is 0 Å². The Morgan fingerprint density at radius 2 is 1.84 bits per heavy atom. The molecule has 1 aliphatic rings. The number of carboxylic acids is 1. The molecule has 1 atom stereocenters. The van der Waals surface area contributed by atoms with Crippen molar-refractivity contribution < 1.29 is 14.7 Å². The largest absolute Gasteiger partial charge is 0.480 e. The van der Waals surface area contributed by atoms with E-state index in [0.717, 1.165) is 37.8 Å². The third-order valence-corrected chi connectivity index (χ3v) is 4.62. The lowest BCUT2D eigenvalue weighted by Crippen LogP contribution is -2.48. The zero-order chi connectivity index (χ0) is 17.4. The molecule has 0 aliphatic heterocycles. The minimum Gasteiger partial charge on any atom is -0.480 e. The fourth-order valence-electron chi connectivity index (χ4n) is 3.38. The fourth-order valence-corrected chi connectivity index (χ4v) is 3.38. The Morgan fingerprint density at radius 3 is 2.40 bits per heavy atom. The topological polar surface area (TPSA) is 69.6 Å². The maximum atomic E-state index is 12.8. The Morgan fingerprint density at radius 1 is 1.20 bits per heavy atom. The molecule has 0 heterocycles. The summed E-state index contributed by atoms with van der Waals surface area (Å²) in [7, 11) is 0. The molecule has 0 radical (unpaired) electrons. The summed E-state index contributed by atoms with van der Waals surface area (Å²) >= 11 is 0. The monoisotopic (exact) mass is 368 g/mol. The minimum atomic E-state index is -0.895. The van der Waals surface area contributed by atoms with Gasteiger partial charge in [-0.1, -0.05) is 50.8 Å². The number of hydrogen-bond donors (Lipinski definition) is 2. The maximum absolute atomic E-state index is 12.8. The lowest BCUT2D eigenvalue weighted by Gasteiger charge is -2.35. The first-order chi connectivity index (χ1) is 11.6. The summed E-state index contributed by atoms with van der Waals surface area (Å²) in [6.07, 6.45) is 6.82. The van der Waals surface area contributed by atoms with Gasteiger partial charge in [0, 0.05) is 11.7 Å². The first-order valence-corrected chi connectivity index (χ1v) is 8.96. The summed E-state index contributed by atoms with van der Waals surface area (Å²) in [5.41, 5.74) is 0.901. The van der Waals surface area contributed by atoms with E-state index in [9.17, 15) is 14.7 Å². The molecule has 1 fully saturated rings. The van der Waals surface area contributed by atoms with E-state index in [-0.39, 0.29) is 30.9 Å². The number of aliphatic carboxylic acids is 1. The van der Waals surface area contributed by atoms with Crippen LogP contribution in [0.25, 0.3) is 0 Å². The maximum Gasteiger partial charge on any atom is 0.320 e. The van der Waals surface area contributed by atoms with Gasteiger partial charge in [0.05, 0.1) is 6.54 Å². The van der Waals surface area contributed by atoms with Gasteiger partial charge < -0.3 is 10.0 Å². The number of halogens is 1. The van der Waals surface area contributed by atoms with Crippen molar-refractivity contribution in [2.24, 2.45) is 0 Å². The highest BCUT2D eigenvalue weighted by atomic mass is 35.5. The molecule has 1 unspecified atom stereocenters. The van der Waals surface area contributed by atoms with Crippen LogP contribution >= 0.6 is 12.4 Å². The van der Waals surface area contributed by atoms with Crippen molar-refractivity contribution in [2.75, 3.05) is 11.4 Å². The number of anilines is 1. The summed E-state index contributed by atoms with van der Waals surface area (Å²) in [5, 5.41) is 12.2. The standard InChI is InChI=1S/C19H28N2O3.ClH/c1-2-9-17(19(23)24)20-14-18(22)21(15-10-5-3-6-11-15)16-12-7-4-8-13-16;/h3,5-6,10-11,16-17,20H,2,4,7-9,12-14H2,1H3,(H,23,24);1H. The summed E-state index contributed by atoms with van der Waals surface area (Å²) in [6, 6.07) is 9.26. The van der Waals surface area contributed by atoms with E-state index in [0.29, 0.717) is 6.42 Å². The van der Waals surface area contributed by atoms with Gasteiger partial charge in [-0.3, -0.25) is 14.9 Å². The highest BCUT2D eigenvalue weighted by molar-refractivity contribution is 5.95. The molecule has 0 aromatic heterocycles. The van der Waals surface area contributed by atoms with Gasteiger partial charge in [-0.05, 0) is 31.4 Å². The quantitative estimate of drug-likeness (QED) is 0.735. The SMILES string of the molecule is CCCC(NCC(=O)N(c1ccccc1)C1CCCCC1)C(=O)O.Cl. The number of nitrogens with one attached hydrogen (secondary N) is 1. The number of benzene rings is 1. The Kier molecular flexibility index (Phi) is 9.53. The van der Waals surface area contributed by atoms with E-state index < -0.39 is 12.0 Å². The number of nitrogens with zero attached hydrogens (tertiary/aromatic N) is 1. The molecular weight excluding hydrogens is 340 g/mol. The summed E-state index contributed by atoms with van der Waals surface area (Å²) in [4.78, 5) is 26.0. The van der Waals surface area contributed by atoms with Gasteiger partial charge in [0.2, 0.25) is 5.91 Å². The lowest BCUT2D eigenvalue weighted by atomic mass is 9.93. The molecule has 0 spiro atoms. The van der Waals surface area contributed by atoms with Crippen LogP contribution < -0.4 is 10.2 Å². The molecule has 0 bridgehead atoms. The van der Waals surface area contributed by atoms with Crippen LogP contribution in [-0.2, 0) is 9.59 Å². The third kappa shape index (κ3) is 6.33. The second-order valence-corrected chi connectivity index (χ2v) is 6.45. The Bertz CT molecular complexity index is 533. The van der Waals surface area contributed by atoms with Crippen molar-refractivity contribution >= 4 is 30.0 Å². The van der Waals surface area contributed by atoms with Gasteiger partial charge in [0.25, 0.3) is 0 Å². The molecule has 1 saturated carbocycles. The van der Waals surface area contributed by atoms with Crippen LogP contribution in [-0.4, -0.2) is 35.6 Å². The molecule has 1 aromatic rings. The van der Waals surface area contributed by atoms with E-state index in [4.69, 9.17) is 0 Å². The van der Waals surface area contributed by atoms with E-state index in [1.165, 1.54) is 6.42 Å². The van der Waals surface area contributed by atoms with Gasteiger partial charge >= 0.3 is 5.97 Å². The van der Waals surface area contributed by atoms with Crippen LogP contribution in [0, 0.1) is 0 Å². The highest BCUT2D eigenvalue weighted by Gasteiger charge is 2.27. The molecule has 2 rings (SSSR count). The van der Waals surface area contributed by atoms with Crippen molar-refractivity contribution in [1.82, 2.24) is 5.32 Å². The average molecular weight is 369 g/mol. The number of carbonyl (C=O) groups is 2. The number of para-hydroxylation sites is 1. The highest BCUT2D eigenvalue weighted by Crippen LogP contribution is 2.27. The zero-order valence-electron chi connectivity index (χ0n) is 14.8. The van der Waals surface area contributed by atoms with E-state index in [2.05, 4.69) is 5.32 Å². The summed E-state index contributed by atoms with van der Waals surface area (Å²) in [6.45, 7) is 2.00. The molecule has 25 heavy (non-hydrogen) atoms. The number of amides is 1. The lowest BCUT2D eigenvalue weighted by molar-refractivity contribution is -0.139. The van der Waals surface area contributed by atoms with Crippen molar-refractivity contribution in [3.63, 3.8) is 0 Å². The number of hydrogen-bond acceptors (Lipinski definition) is 3. The molecule has 1 aromatic carbocycles. The molecule has 6 heteroatoms. The first kappa shape index (κ1) is 21.5. The smallest absolute Gasteiger partial charge is 0.320 e. The Balaban J connectivity index is 0.00000312. The van der Waals surface area contributed by atoms with Gasteiger partial charge in [0.1, 0.15) is 6.04 Å². The Hall–Kier alpha value is -1.59. The van der Waals surface area contributed by atoms with Crippen molar-refractivity contribution in [2.45, 2.75) is 64.0 Å². The predicted octanol–water partition coefficient (Wildman–Crippen LogP) is 3.62. The summed E-state index contributed by atoms with van der Waals surface area (Å²) < 4.78 is 0. The van der Waals surface area contributed by atoms with Crippen molar-refractivity contribution in [1.29, 1.82) is 0 Å². The number of rotatable bonds is 8. The van der Waals surface area contributed by atoms with Gasteiger partial charge in [0.15, 0.2) is 0 Å². The van der Waals surface area contributed by atoms with Crippen LogP contribution in [0.2, 0.25) is 0 Å². The van der Waals surface area contributed by atoms with Gasteiger partial charge in [-0.15, -0.1) is 12.4 Å². The second-order valence-electron chi connectivity index (χ2n) is 6.45. The fraction of sp³-hybridized carbons (Fsp3) is 0.579. The third-order valence-electron chi connectivity index (χ3n) is 4.62. The normalized spacial score (nSPS) is 15.9. The van der Waals surface area contributed by atoms with Gasteiger partial charge in [-0.25, -0.2) is 0 Å². The van der Waals surface area contributed by atoms with Crippen LogP contribution in [0.15, 0.2) is 30.3 Å². The van der Waals surface area contributed by atoms with Crippen molar-refractivity contribution in [3.05, 3.63) is 30.3 Å². The zero-order valence-corrected chi connectivity index (χ0v) is 15.6. The molecule has 5 nitrogen and oxygen atoms in total. The molecule has 1 aliphatic carbocycles.